The van der Waals surface area contributed by atoms with E-state index in [1.807, 2.05) is 0 Å². The van der Waals surface area contributed by atoms with Crippen LogP contribution in [0.3, 0.4) is 0 Å². The first kappa shape index (κ1) is 16.1. The average Bonchev–Trinajstić information content (AvgIpc) is 3.07. The number of aryl methyl sites for hydroxylation is 1. The van der Waals surface area contributed by atoms with E-state index in [0.717, 1.165) is 57.3 Å². The molecule has 1 unspecified atom stereocenters. The lowest BCUT2D eigenvalue weighted by Crippen LogP contribution is -2.49. The molecule has 1 aromatic heterocycles. The number of nitrogens with zero attached hydrogens (tertiary/aromatic N) is 4. The molecule has 2 aliphatic heterocycles. The maximum Gasteiger partial charge on any atom is 0.134 e. The molecule has 2 fully saturated rings. The summed E-state index contributed by atoms with van der Waals surface area (Å²) in [4.78, 5) is 13.9. The molecule has 3 aliphatic rings. The Morgan fingerprint density at radius 1 is 0.923 bits per heavy atom. The lowest BCUT2D eigenvalue weighted by Gasteiger charge is -2.42. The van der Waals surface area contributed by atoms with Gasteiger partial charge >= 0.3 is 0 Å². The fraction of sp³-hybridized carbons (Fsp3) is 0.524. The molecule has 1 spiro atoms. The highest BCUT2D eigenvalue weighted by atomic mass is 16.5. The molecule has 1 aliphatic carbocycles. The SMILES string of the molecule is c1ccc2c(c1)CCC21CN(c2cc(N3CCCCC3)ncn2)CCO1. The zero-order valence-corrected chi connectivity index (χ0v) is 15.2. The number of fused-ring (bicyclic) bond motifs is 2. The molecule has 5 rings (SSSR count). The summed E-state index contributed by atoms with van der Waals surface area (Å²) in [6, 6.07) is 10.9. The van der Waals surface area contributed by atoms with Crippen molar-refractivity contribution in [2.24, 2.45) is 0 Å². The molecule has 3 heterocycles. The highest BCUT2D eigenvalue weighted by Gasteiger charge is 2.43. The minimum atomic E-state index is -0.176. The number of hydrogen-bond donors (Lipinski definition) is 0. The van der Waals surface area contributed by atoms with Gasteiger partial charge in [0.2, 0.25) is 0 Å². The largest absolute Gasteiger partial charge is 0.367 e. The summed E-state index contributed by atoms with van der Waals surface area (Å²) in [6.45, 7) is 4.73. The summed E-state index contributed by atoms with van der Waals surface area (Å²) < 4.78 is 6.36. The Morgan fingerprint density at radius 3 is 2.62 bits per heavy atom. The van der Waals surface area contributed by atoms with Crippen molar-refractivity contribution in [2.45, 2.75) is 37.7 Å². The van der Waals surface area contributed by atoms with Crippen molar-refractivity contribution in [1.82, 2.24) is 9.97 Å². The first-order chi connectivity index (χ1) is 12.8. The second kappa shape index (κ2) is 6.54. The molecule has 5 heteroatoms. The van der Waals surface area contributed by atoms with Gasteiger partial charge in [-0.3, -0.25) is 0 Å². The van der Waals surface area contributed by atoms with E-state index >= 15 is 0 Å². The molecule has 0 N–H and O–H groups in total. The van der Waals surface area contributed by atoms with Crippen molar-refractivity contribution in [3.8, 4) is 0 Å². The molecule has 0 saturated carbocycles. The number of ether oxygens (including phenoxy) is 1. The molecule has 5 nitrogen and oxygen atoms in total. The standard InChI is InChI=1S/C21H26N4O/c1-4-10-24(11-5-1)19-14-20(23-16-22-19)25-12-13-26-21(15-25)9-8-17-6-2-3-7-18(17)21/h2-3,6-7,14,16H,1,4-5,8-13,15H2. The summed E-state index contributed by atoms with van der Waals surface area (Å²) in [6.07, 6.45) is 7.75. The minimum absolute atomic E-state index is 0.176. The second-order valence-electron chi connectivity index (χ2n) is 7.70. The maximum atomic E-state index is 6.36. The van der Waals surface area contributed by atoms with Crippen LogP contribution in [0, 0.1) is 0 Å². The van der Waals surface area contributed by atoms with E-state index in [-0.39, 0.29) is 5.60 Å². The first-order valence-electron chi connectivity index (χ1n) is 9.88. The van der Waals surface area contributed by atoms with Gasteiger partial charge in [-0.2, -0.15) is 0 Å². The van der Waals surface area contributed by atoms with Gasteiger partial charge in [0.15, 0.2) is 0 Å². The van der Waals surface area contributed by atoms with E-state index in [4.69, 9.17) is 4.74 Å². The smallest absolute Gasteiger partial charge is 0.134 e. The van der Waals surface area contributed by atoms with Gasteiger partial charge in [0, 0.05) is 25.7 Å². The molecular formula is C21H26N4O. The molecule has 2 aromatic rings. The molecule has 1 atom stereocenters. The lowest BCUT2D eigenvalue weighted by molar-refractivity contribution is -0.0594. The van der Waals surface area contributed by atoms with Crippen LogP contribution >= 0.6 is 0 Å². The van der Waals surface area contributed by atoms with Crippen molar-refractivity contribution >= 4 is 11.6 Å². The van der Waals surface area contributed by atoms with Crippen LogP contribution in [0.1, 0.15) is 36.8 Å². The van der Waals surface area contributed by atoms with Crippen LogP contribution < -0.4 is 9.80 Å². The summed E-state index contributed by atoms with van der Waals surface area (Å²) in [7, 11) is 0. The number of morpholine rings is 1. The van der Waals surface area contributed by atoms with Crippen molar-refractivity contribution in [1.29, 1.82) is 0 Å². The predicted octanol–water partition coefficient (Wildman–Crippen LogP) is 3.15. The van der Waals surface area contributed by atoms with Crippen molar-refractivity contribution < 1.29 is 4.74 Å². The van der Waals surface area contributed by atoms with Crippen LogP contribution in [0.15, 0.2) is 36.7 Å². The number of piperidine rings is 1. The van der Waals surface area contributed by atoms with Crippen molar-refractivity contribution in [3.63, 3.8) is 0 Å². The average molecular weight is 350 g/mol. The Labute approximate surface area is 155 Å². The molecule has 1 aromatic carbocycles. The molecular weight excluding hydrogens is 324 g/mol. The third-order valence-corrected chi connectivity index (χ3v) is 6.13. The fourth-order valence-electron chi connectivity index (χ4n) is 4.75. The Balaban J connectivity index is 1.41. The van der Waals surface area contributed by atoms with Gasteiger partial charge in [0.05, 0.1) is 13.2 Å². The zero-order valence-electron chi connectivity index (χ0n) is 15.2. The van der Waals surface area contributed by atoms with Gasteiger partial charge < -0.3 is 14.5 Å². The summed E-state index contributed by atoms with van der Waals surface area (Å²) >= 11 is 0. The third kappa shape index (κ3) is 2.75. The van der Waals surface area contributed by atoms with Gasteiger partial charge in [0.25, 0.3) is 0 Å². The van der Waals surface area contributed by atoms with Gasteiger partial charge in [-0.25, -0.2) is 9.97 Å². The molecule has 2 saturated heterocycles. The number of benzene rings is 1. The van der Waals surface area contributed by atoms with Gasteiger partial charge in [-0.1, -0.05) is 24.3 Å². The molecule has 26 heavy (non-hydrogen) atoms. The number of anilines is 2. The van der Waals surface area contributed by atoms with Crippen molar-refractivity contribution in [2.75, 3.05) is 42.6 Å². The van der Waals surface area contributed by atoms with Crippen molar-refractivity contribution in [3.05, 3.63) is 47.8 Å². The van der Waals surface area contributed by atoms with E-state index in [9.17, 15) is 0 Å². The van der Waals surface area contributed by atoms with E-state index in [1.165, 1.54) is 30.4 Å². The van der Waals surface area contributed by atoms with E-state index in [1.54, 1.807) is 6.33 Å². The van der Waals surface area contributed by atoms with Gasteiger partial charge in [-0.05, 0) is 43.2 Å². The quantitative estimate of drug-likeness (QED) is 0.832. The normalized spacial score (nSPS) is 25.5. The highest BCUT2D eigenvalue weighted by Crippen LogP contribution is 2.42. The maximum absolute atomic E-state index is 6.36. The summed E-state index contributed by atoms with van der Waals surface area (Å²) in [5, 5.41) is 0. The Bertz CT molecular complexity index is 785. The number of aromatic nitrogens is 2. The van der Waals surface area contributed by atoms with E-state index in [0.29, 0.717) is 0 Å². The van der Waals surface area contributed by atoms with Crippen LogP contribution in [0.25, 0.3) is 0 Å². The summed E-state index contributed by atoms with van der Waals surface area (Å²) in [5.74, 6) is 2.11. The van der Waals surface area contributed by atoms with E-state index < -0.39 is 0 Å². The molecule has 0 radical (unpaired) electrons. The van der Waals surface area contributed by atoms with E-state index in [2.05, 4.69) is 50.1 Å². The fourth-order valence-corrected chi connectivity index (χ4v) is 4.75. The van der Waals surface area contributed by atoms with Gasteiger partial charge in [-0.15, -0.1) is 0 Å². The second-order valence-corrected chi connectivity index (χ2v) is 7.70. The highest BCUT2D eigenvalue weighted by molar-refractivity contribution is 5.52. The first-order valence-corrected chi connectivity index (χ1v) is 9.88. The van der Waals surface area contributed by atoms with Crippen LogP contribution in [0.4, 0.5) is 11.6 Å². The Morgan fingerprint density at radius 2 is 1.73 bits per heavy atom. The predicted molar refractivity (Wildman–Crippen MR) is 103 cm³/mol. The third-order valence-electron chi connectivity index (χ3n) is 6.13. The molecule has 0 amide bonds. The lowest BCUT2D eigenvalue weighted by atomic mass is 9.93. The zero-order chi connectivity index (χ0) is 17.4. The van der Waals surface area contributed by atoms with Crippen LogP contribution in [-0.2, 0) is 16.8 Å². The number of hydrogen-bond acceptors (Lipinski definition) is 5. The van der Waals surface area contributed by atoms with Crippen LogP contribution in [0.5, 0.6) is 0 Å². The Hall–Kier alpha value is -2.14. The number of rotatable bonds is 2. The van der Waals surface area contributed by atoms with Crippen LogP contribution in [-0.4, -0.2) is 42.8 Å². The molecule has 0 bridgehead atoms. The van der Waals surface area contributed by atoms with Crippen LogP contribution in [0.2, 0.25) is 0 Å². The monoisotopic (exact) mass is 350 g/mol. The Kier molecular flexibility index (Phi) is 4.04. The summed E-state index contributed by atoms with van der Waals surface area (Å²) in [5.41, 5.74) is 2.63. The minimum Gasteiger partial charge on any atom is -0.367 e. The van der Waals surface area contributed by atoms with Gasteiger partial charge in [0.1, 0.15) is 23.6 Å². The topological polar surface area (TPSA) is 41.5 Å². The molecule has 136 valence electrons.